The fourth-order valence-corrected chi connectivity index (χ4v) is 16.5. The number of benzene rings is 6. The molecule has 2 aliphatic carbocycles. The number of carboxylic acids is 2. The number of aliphatic carboxylic acids is 2. The molecular formula is C84H100N16O14. The number of carboxylic acid groups (broad SMARTS) is 2. The zero-order valence-corrected chi connectivity index (χ0v) is 64.5. The minimum atomic E-state index is -1.51. The average molecular weight is 1560 g/mol. The van der Waals surface area contributed by atoms with Gasteiger partial charge in [-0.2, -0.15) is 0 Å². The smallest absolute Gasteiger partial charge is 0.326 e. The summed E-state index contributed by atoms with van der Waals surface area (Å²) in [6.45, 7) is 3.03. The fourth-order valence-electron chi connectivity index (χ4n) is 16.5. The van der Waals surface area contributed by atoms with Crippen molar-refractivity contribution in [2.45, 2.75) is 202 Å². The van der Waals surface area contributed by atoms with Gasteiger partial charge < -0.3 is 72.0 Å². The number of amides is 8. The van der Waals surface area contributed by atoms with E-state index in [4.69, 9.17) is 9.47 Å². The zero-order chi connectivity index (χ0) is 80.1. The van der Waals surface area contributed by atoms with E-state index < -0.39 is 132 Å². The van der Waals surface area contributed by atoms with Crippen molar-refractivity contribution in [3.63, 3.8) is 0 Å². The molecule has 12 atom stereocenters. The van der Waals surface area contributed by atoms with E-state index in [0.29, 0.717) is 70.8 Å². The molecule has 4 fully saturated rings. The summed E-state index contributed by atoms with van der Waals surface area (Å²) in [4.78, 5) is 149. The molecule has 0 spiro atoms. The summed E-state index contributed by atoms with van der Waals surface area (Å²) in [5.74, 6) is -7.26. The second-order valence-electron chi connectivity index (χ2n) is 30.8. The van der Waals surface area contributed by atoms with Crippen molar-refractivity contribution in [1.82, 2.24) is 82.3 Å². The minimum Gasteiger partial charge on any atom is -0.487 e. The Bertz CT molecular complexity index is 4480. The van der Waals surface area contributed by atoms with Gasteiger partial charge in [-0.05, 0) is 134 Å². The van der Waals surface area contributed by atoms with Gasteiger partial charge in [0.05, 0.1) is 36.6 Å². The molecule has 8 heterocycles. The van der Waals surface area contributed by atoms with Crippen LogP contribution in [0.5, 0.6) is 11.5 Å². The molecule has 8 aromatic rings. The van der Waals surface area contributed by atoms with Gasteiger partial charge in [-0.1, -0.05) is 158 Å². The molecule has 0 unspecified atom stereocenters. The van der Waals surface area contributed by atoms with Gasteiger partial charge in [-0.15, -0.1) is 10.2 Å². The molecule has 114 heavy (non-hydrogen) atoms. The monoisotopic (exact) mass is 1560 g/mol. The van der Waals surface area contributed by atoms with Crippen LogP contribution in [-0.2, 0) is 86.8 Å². The van der Waals surface area contributed by atoms with Crippen molar-refractivity contribution in [2.75, 3.05) is 27.2 Å². The van der Waals surface area contributed by atoms with Crippen molar-refractivity contribution in [3.8, 4) is 11.5 Å². The molecule has 0 radical (unpaired) electrons. The first-order chi connectivity index (χ1) is 55.1. The van der Waals surface area contributed by atoms with Gasteiger partial charge in [0.1, 0.15) is 84.4 Å². The average Bonchev–Trinajstić information content (AvgIpc) is 1.61. The van der Waals surface area contributed by atoms with E-state index in [1.54, 1.807) is 98.2 Å². The minimum absolute atomic E-state index is 0.0127. The number of ether oxygens (including phenoxy) is 2. The lowest BCUT2D eigenvalue weighted by Gasteiger charge is -2.35. The van der Waals surface area contributed by atoms with E-state index in [0.717, 1.165) is 60.1 Å². The van der Waals surface area contributed by atoms with Gasteiger partial charge in [0.15, 0.2) is 0 Å². The molecule has 10 N–H and O–H groups in total. The summed E-state index contributed by atoms with van der Waals surface area (Å²) in [6.07, 6.45) is 10.6. The Morgan fingerprint density at radius 1 is 0.482 bits per heavy atom. The molecule has 2 saturated carbocycles. The van der Waals surface area contributed by atoms with E-state index in [-0.39, 0.29) is 76.7 Å². The number of likely N-dealkylation sites (tertiary alicyclic amines) is 2. The number of hydrogen-bond donors (Lipinski definition) is 10. The summed E-state index contributed by atoms with van der Waals surface area (Å²) < 4.78 is 15.5. The van der Waals surface area contributed by atoms with Crippen LogP contribution in [0.1, 0.15) is 137 Å². The Balaban J connectivity index is 0.825. The first kappa shape index (κ1) is 80.4. The van der Waals surface area contributed by atoms with E-state index in [1.165, 1.54) is 9.80 Å². The zero-order valence-electron chi connectivity index (χ0n) is 64.5. The number of fused-ring (bicyclic) bond motifs is 2. The van der Waals surface area contributed by atoms with Gasteiger partial charge >= 0.3 is 11.9 Å². The largest absolute Gasteiger partial charge is 0.487 e. The van der Waals surface area contributed by atoms with Crippen molar-refractivity contribution >= 4 is 80.7 Å². The van der Waals surface area contributed by atoms with Crippen molar-refractivity contribution in [1.29, 1.82) is 0 Å². The predicted molar refractivity (Wildman–Crippen MR) is 420 cm³/mol. The highest BCUT2D eigenvalue weighted by Gasteiger charge is 2.49. The number of hydrogen-bond acceptors (Lipinski definition) is 18. The van der Waals surface area contributed by atoms with E-state index in [1.807, 2.05) is 84.9 Å². The molecule has 8 amide bonds. The fraction of sp³-hybridized carbons (Fsp3) is 0.452. The van der Waals surface area contributed by atoms with Gasteiger partial charge in [0.25, 0.3) is 0 Å². The number of nitrogens with one attached hydrogen (secondary N) is 8. The van der Waals surface area contributed by atoms with E-state index in [2.05, 4.69) is 63.2 Å². The lowest BCUT2D eigenvalue weighted by molar-refractivity contribution is -0.144. The third-order valence-corrected chi connectivity index (χ3v) is 23.2. The van der Waals surface area contributed by atoms with Crippen molar-refractivity contribution in [3.05, 3.63) is 179 Å². The third kappa shape index (κ3) is 19.3. The molecule has 30 nitrogen and oxygen atoms in total. The quantitative estimate of drug-likeness (QED) is 0.0582. The van der Waals surface area contributed by atoms with Crippen LogP contribution >= 0.6 is 0 Å². The second kappa shape index (κ2) is 36.9. The normalized spacial score (nSPS) is 22.9. The molecule has 8 aliphatic rings. The summed E-state index contributed by atoms with van der Waals surface area (Å²) in [7, 11) is 3.29. The standard InChI is InChI=1S/C84H100N16O14/c1-49(85-3)75(101)91-73(55-19-7-5-8-20-55)81(107)97-45-61-41-71(97)79(105)87-67(39-57-25-15-23-53-17-11-13-27-65(53)57)77(103)89-69(83(109)110)37-51-31-35-64(36-32-51)114-48-60-44-100(96-94-60)62-42-72(98(46-62)82(108)74(56-21-9-6-10-22-56)92-76(102)50(2)86-4)80(106)88-68(40-58-26-16-24-54-18-12-14-28-66(54)58)78(104)90-70(84(111)112)38-52-29-33-63(34-30-52)113-47-59-43-99(61)95-93-59/h11-18,23-36,43-44,49-50,55-56,61-62,67-74,85-86H,5-10,19-22,37-42,45-48H2,1-4H3,(H,87,105)(H,88,106)(H,89,103)(H,90,104)(H,91,101)(H,92,102)(H,109,110)(H,111,112)/t49-,50-,61-,62-,67-,68-,69-,70-,71-,72-,73-,74-/m0/s1. The Morgan fingerprint density at radius 2 is 0.860 bits per heavy atom. The maximum Gasteiger partial charge on any atom is 0.326 e. The van der Waals surface area contributed by atoms with Gasteiger partial charge in [-0.3, -0.25) is 38.4 Å². The number of aromatic nitrogens is 6. The van der Waals surface area contributed by atoms with Crippen LogP contribution < -0.4 is 52.0 Å². The maximum absolute atomic E-state index is 15.5. The summed E-state index contributed by atoms with van der Waals surface area (Å²) in [5, 5.41) is 66.3. The molecule has 2 aromatic heterocycles. The number of carbonyl (C=O) groups excluding carboxylic acids is 8. The molecule has 12 bridgehead atoms. The van der Waals surface area contributed by atoms with E-state index in [9.17, 15) is 29.4 Å². The lowest BCUT2D eigenvalue weighted by atomic mass is 9.83. The Kier molecular flexibility index (Phi) is 26.0. The molecule has 600 valence electrons. The maximum atomic E-state index is 15.5. The van der Waals surface area contributed by atoms with Crippen LogP contribution in [0, 0.1) is 11.8 Å². The number of rotatable bonds is 16. The first-order valence-corrected chi connectivity index (χ1v) is 39.6. The Hall–Kier alpha value is -11.7. The Morgan fingerprint density at radius 3 is 1.24 bits per heavy atom. The molecule has 6 aromatic carbocycles. The second-order valence-corrected chi connectivity index (χ2v) is 30.8. The SMILES string of the molecule is CN[C@@H](C)C(=O)N[C@H](C(=O)N1C[C@@H]2C[C@H]1C(=O)N[C@@H](Cc1cccc3ccccc13)C(=O)N[C@H](C(=O)O)Cc1ccc(cc1)OCc1cn(nn1)[C@H]1C[C@@H](C(=O)N[C@@H](Cc3cccc4ccccc34)C(=O)N[C@H](C(=O)O)Cc3ccc(cc3)OCc3cn2nn3)N(C(=O)[C@@H](NC(=O)[C@H](C)NC)C2CCCCC2)C1)C1CCCCC1. The van der Waals surface area contributed by atoms with Crippen LogP contribution in [0.2, 0.25) is 0 Å². The predicted octanol–water partition coefficient (Wildman–Crippen LogP) is 5.36. The summed E-state index contributed by atoms with van der Waals surface area (Å²) in [5.41, 5.74) is 3.10. The highest BCUT2D eigenvalue weighted by atomic mass is 16.5. The van der Waals surface area contributed by atoms with Crippen molar-refractivity contribution in [2.24, 2.45) is 11.8 Å². The first-order valence-electron chi connectivity index (χ1n) is 39.6. The highest BCUT2D eigenvalue weighted by molar-refractivity contribution is 5.99. The number of nitrogens with zero attached hydrogens (tertiary/aromatic N) is 8. The van der Waals surface area contributed by atoms with Crippen LogP contribution in [0.25, 0.3) is 21.5 Å². The highest BCUT2D eigenvalue weighted by Crippen LogP contribution is 2.36. The summed E-state index contributed by atoms with van der Waals surface area (Å²) in [6, 6.07) is 26.5. The molecule has 30 heteroatoms. The van der Waals surface area contributed by atoms with Crippen LogP contribution in [0.3, 0.4) is 0 Å². The molecule has 2 saturated heterocycles. The van der Waals surface area contributed by atoms with Crippen LogP contribution in [0.15, 0.2) is 146 Å². The van der Waals surface area contributed by atoms with Gasteiger partial charge in [0.2, 0.25) is 47.3 Å². The molecular weight excluding hydrogens is 1460 g/mol. The van der Waals surface area contributed by atoms with Gasteiger partial charge in [-0.25, -0.2) is 19.0 Å². The Labute approximate surface area is 660 Å². The third-order valence-electron chi connectivity index (χ3n) is 23.2. The summed E-state index contributed by atoms with van der Waals surface area (Å²) >= 11 is 0. The number of likely N-dealkylation sites (N-methyl/N-ethyl adjacent to an activating group) is 2. The van der Waals surface area contributed by atoms with Crippen LogP contribution in [-0.4, -0.2) is 197 Å². The number of carbonyl (C=O) groups is 10. The lowest BCUT2D eigenvalue weighted by Crippen LogP contribution is -2.60. The van der Waals surface area contributed by atoms with Crippen LogP contribution in [0.4, 0.5) is 0 Å². The van der Waals surface area contributed by atoms with Gasteiger partial charge in [0, 0.05) is 51.6 Å². The molecule has 6 aliphatic heterocycles. The van der Waals surface area contributed by atoms with Crippen molar-refractivity contribution < 1.29 is 67.6 Å². The molecule has 16 rings (SSSR count). The van der Waals surface area contributed by atoms with E-state index >= 15 is 28.8 Å². The topological polar surface area (TPSA) is 394 Å².